The predicted octanol–water partition coefficient (Wildman–Crippen LogP) is 1.35. The second-order valence-electron chi connectivity index (χ2n) is 2.73. The zero-order chi connectivity index (χ0) is 7.82. The van der Waals surface area contributed by atoms with Gasteiger partial charge in [0.15, 0.2) is 0 Å². The Morgan fingerprint density at radius 3 is 2.20 bits per heavy atom. The molecule has 2 heteroatoms. The Kier molecular flexibility index (Phi) is 7.41. The first-order chi connectivity index (χ1) is 4.85. The van der Waals surface area contributed by atoms with E-state index < -0.39 is 0 Å². The first-order valence-electron chi connectivity index (χ1n) is 4.57. The van der Waals surface area contributed by atoms with E-state index in [0.717, 1.165) is 0 Å². The third-order valence-electron chi connectivity index (χ3n) is 1.97. The lowest BCUT2D eigenvalue weighted by Crippen LogP contribution is -2.23. The highest BCUT2D eigenvalue weighted by atomic mass is 28.2. The first kappa shape index (κ1) is 10.2. The van der Waals surface area contributed by atoms with Crippen LogP contribution in [0.15, 0.2) is 0 Å². The number of nitrogens with zero attached hydrogens (tertiary/aromatic N) is 1. The minimum Gasteiger partial charge on any atom is -0.304 e. The van der Waals surface area contributed by atoms with Gasteiger partial charge in [0.05, 0.1) is 0 Å². The SMILES string of the molecule is CCN(CC)CCC[SiH2]C. The van der Waals surface area contributed by atoms with Crippen LogP contribution in [0, 0.1) is 0 Å². The molecule has 0 heterocycles. The third kappa shape index (κ3) is 5.00. The summed E-state index contributed by atoms with van der Waals surface area (Å²) in [7, 11) is 0.329. The van der Waals surface area contributed by atoms with Crippen LogP contribution in [0.1, 0.15) is 20.3 Å². The monoisotopic (exact) mass is 159 g/mol. The maximum absolute atomic E-state index is 2.50. The van der Waals surface area contributed by atoms with Crippen molar-refractivity contribution in [1.82, 2.24) is 4.90 Å². The molecule has 0 aliphatic carbocycles. The van der Waals surface area contributed by atoms with Crippen molar-refractivity contribution in [3.63, 3.8) is 0 Å². The van der Waals surface area contributed by atoms with Gasteiger partial charge in [0, 0.05) is 9.52 Å². The highest BCUT2D eigenvalue weighted by molar-refractivity contribution is 6.33. The Labute approximate surface area is 67.6 Å². The van der Waals surface area contributed by atoms with Crippen LogP contribution in [0.5, 0.6) is 0 Å². The third-order valence-corrected chi connectivity index (χ3v) is 3.18. The van der Waals surface area contributed by atoms with E-state index in [-0.39, 0.29) is 0 Å². The van der Waals surface area contributed by atoms with Crippen LogP contribution in [0.25, 0.3) is 0 Å². The second kappa shape index (κ2) is 7.29. The zero-order valence-corrected chi connectivity index (χ0v) is 9.10. The largest absolute Gasteiger partial charge is 0.304 e. The molecule has 0 unspecified atom stereocenters. The summed E-state index contributed by atoms with van der Waals surface area (Å²) >= 11 is 0. The summed E-state index contributed by atoms with van der Waals surface area (Å²) in [5.41, 5.74) is 0. The molecule has 62 valence electrons. The molecule has 0 aliphatic heterocycles. The minimum atomic E-state index is 0.329. The van der Waals surface area contributed by atoms with Crippen molar-refractivity contribution < 1.29 is 0 Å². The molecule has 0 atom stereocenters. The Morgan fingerprint density at radius 1 is 1.20 bits per heavy atom. The first-order valence-corrected chi connectivity index (χ1v) is 6.98. The summed E-state index contributed by atoms with van der Waals surface area (Å²) < 4.78 is 0. The zero-order valence-electron chi connectivity index (χ0n) is 7.69. The lowest BCUT2D eigenvalue weighted by molar-refractivity contribution is 0.304. The van der Waals surface area contributed by atoms with Crippen molar-refractivity contribution in [2.75, 3.05) is 19.6 Å². The molecule has 0 rings (SSSR count). The smallest absolute Gasteiger partial charge is 0.0167 e. The summed E-state index contributed by atoms with van der Waals surface area (Å²) in [6, 6.07) is 1.52. The van der Waals surface area contributed by atoms with Crippen molar-refractivity contribution >= 4 is 9.52 Å². The molecule has 0 spiro atoms. The van der Waals surface area contributed by atoms with Gasteiger partial charge in [-0.25, -0.2) is 0 Å². The molecule has 0 aromatic carbocycles. The Hall–Kier alpha value is 0.177. The van der Waals surface area contributed by atoms with E-state index in [0.29, 0.717) is 9.52 Å². The molecule has 10 heavy (non-hydrogen) atoms. The van der Waals surface area contributed by atoms with E-state index >= 15 is 0 Å². The number of rotatable bonds is 6. The Balaban J connectivity index is 3.09. The van der Waals surface area contributed by atoms with Gasteiger partial charge < -0.3 is 4.90 Å². The maximum Gasteiger partial charge on any atom is 0.0167 e. The fourth-order valence-electron chi connectivity index (χ4n) is 1.13. The van der Waals surface area contributed by atoms with E-state index in [1.54, 1.807) is 0 Å². The molecule has 0 fully saturated rings. The van der Waals surface area contributed by atoms with Gasteiger partial charge in [-0.3, -0.25) is 0 Å². The van der Waals surface area contributed by atoms with E-state index in [4.69, 9.17) is 0 Å². The van der Waals surface area contributed by atoms with Gasteiger partial charge in [0.25, 0.3) is 0 Å². The van der Waals surface area contributed by atoms with E-state index in [1.165, 1.54) is 32.1 Å². The van der Waals surface area contributed by atoms with Crippen LogP contribution in [-0.2, 0) is 0 Å². The van der Waals surface area contributed by atoms with E-state index in [1.807, 2.05) is 0 Å². The molecule has 0 radical (unpaired) electrons. The molecular weight excluding hydrogens is 138 g/mol. The van der Waals surface area contributed by atoms with E-state index in [2.05, 4.69) is 25.3 Å². The van der Waals surface area contributed by atoms with Crippen molar-refractivity contribution in [1.29, 1.82) is 0 Å². The van der Waals surface area contributed by atoms with Gasteiger partial charge >= 0.3 is 0 Å². The number of hydrogen-bond acceptors (Lipinski definition) is 1. The lowest BCUT2D eigenvalue weighted by Gasteiger charge is -2.16. The van der Waals surface area contributed by atoms with Gasteiger partial charge in [-0.1, -0.05) is 26.4 Å². The Bertz CT molecular complexity index is 62.3. The minimum absolute atomic E-state index is 0.329. The summed E-state index contributed by atoms with van der Waals surface area (Å²) in [5, 5.41) is 0. The topological polar surface area (TPSA) is 3.24 Å². The molecule has 0 saturated heterocycles. The highest BCUT2D eigenvalue weighted by Gasteiger charge is 1.95. The second-order valence-corrected chi connectivity index (χ2v) is 4.44. The van der Waals surface area contributed by atoms with Crippen molar-refractivity contribution in [3.05, 3.63) is 0 Å². The normalized spacial score (nSPS) is 12.0. The van der Waals surface area contributed by atoms with Crippen LogP contribution in [0.3, 0.4) is 0 Å². The molecule has 0 aliphatic rings. The standard InChI is InChI=1S/C8H21NSi/c1-4-9(5-2)7-6-8-10-3/h4-8,10H2,1-3H3. The van der Waals surface area contributed by atoms with E-state index in [9.17, 15) is 0 Å². The maximum atomic E-state index is 2.50. The van der Waals surface area contributed by atoms with Crippen molar-refractivity contribution in [2.45, 2.75) is 32.9 Å². The summed E-state index contributed by atoms with van der Waals surface area (Å²) in [5.74, 6) is 0. The van der Waals surface area contributed by atoms with Crippen LogP contribution in [0.4, 0.5) is 0 Å². The molecule has 0 saturated carbocycles. The molecule has 0 N–H and O–H groups in total. The van der Waals surface area contributed by atoms with Crippen molar-refractivity contribution in [3.8, 4) is 0 Å². The van der Waals surface area contributed by atoms with Gasteiger partial charge in [0.1, 0.15) is 0 Å². The summed E-state index contributed by atoms with van der Waals surface area (Å²) in [6.07, 6.45) is 1.43. The summed E-state index contributed by atoms with van der Waals surface area (Å²) in [4.78, 5) is 2.50. The van der Waals surface area contributed by atoms with Crippen LogP contribution in [0.2, 0.25) is 12.6 Å². The van der Waals surface area contributed by atoms with Crippen LogP contribution < -0.4 is 0 Å². The van der Waals surface area contributed by atoms with Crippen molar-refractivity contribution in [2.24, 2.45) is 0 Å². The average molecular weight is 159 g/mol. The fourth-order valence-corrected chi connectivity index (χ4v) is 1.85. The lowest BCUT2D eigenvalue weighted by atomic mass is 10.4. The molecular formula is C8H21NSi. The van der Waals surface area contributed by atoms with Gasteiger partial charge in [0.2, 0.25) is 0 Å². The van der Waals surface area contributed by atoms with Crippen LogP contribution >= 0.6 is 0 Å². The molecule has 0 aromatic heterocycles. The molecule has 0 aromatic rings. The Morgan fingerprint density at radius 2 is 1.80 bits per heavy atom. The molecule has 0 bridgehead atoms. The number of hydrogen-bond donors (Lipinski definition) is 0. The van der Waals surface area contributed by atoms with Gasteiger partial charge in [-0.2, -0.15) is 0 Å². The predicted molar refractivity (Wildman–Crippen MR) is 51.6 cm³/mol. The van der Waals surface area contributed by atoms with Crippen LogP contribution in [-0.4, -0.2) is 34.1 Å². The highest BCUT2D eigenvalue weighted by Crippen LogP contribution is 1.93. The fraction of sp³-hybridized carbons (Fsp3) is 1.00. The van der Waals surface area contributed by atoms with Gasteiger partial charge in [-0.15, -0.1) is 0 Å². The summed E-state index contributed by atoms with van der Waals surface area (Å²) in [6.45, 7) is 10.7. The van der Waals surface area contributed by atoms with Gasteiger partial charge in [-0.05, 0) is 26.1 Å². The average Bonchev–Trinajstić information content (AvgIpc) is 1.99. The quantitative estimate of drug-likeness (QED) is 0.418. The molecule has 1 nitrogen and oxygen atoms in total. The molecule has 0 amide bonds.